The molecule has 0 radical (unpaired) electrons. The Morgan fingerprint density at radius 2 is 2.18 bits per heavy atom. The van der Waals surface area contributed by atoms with E-state index in [-0.39, 0.29) is 12.6 Å². The second kappa shape index (κ2) is 8.05. The van der Waals surface area contributed by atoms with Crippen molar-refractivity contribution in [2.24, 2.45) is 0 Å². The fourth-order valence-electron chi connectivity index (χ4n) is 3.00. The van der Waals surface area contributed by atoms with E-state index in [1.165, 1.54) is 0 Å². The van der Waals surface area contributed by atoms with Crippen LogP contribution in [0.2, 0.25) is 0 Å². The summed E-state index contributed by atoms with van der Waals surface area (Å²) in [6.45, 7) is 1.97. The number of hydrogen-bond acceptors (Lipinski definition) is 6. The smallest absolute Gasteiger partial charge is 0.319 e. The molecule has 1 aromatic carbocycles. The molecule has 0 atom stereocenters. The number of carbonyl (C=O) groups excluding carboxylic acids is 1. The lowest BCUT2D eigenvalue weighted by Gasteiger charge is -2.17. The zero-order valence-corrected chi connectivity index (χ0v) is 15.5. The van der Waals surface area contributed by atoms with E-state index in [0.29, 0.717) is 11.4 Å². The molecule has 0 saturated carbocycles. The monoisotopic (exact) mass is 379 g/mol. The van der Waals surface area contributed by atoms with E-state index < -0.39 is 0 Å². The molecule has 0 bridgehead atoms. The quantitative estimate of drug-likeness (QED) is 0.622. The highest BCUT2D eigenvalue weighted by Crippen LogP contribution is 2.16. The maximum absolute atomic E-state index is 12.2. The van der Waals surface area contributed by atoms with Crippen LogP contribution in [0.4, 0.5) is 10.5 Å². The third-order valence-electron chi connectivity index (χ3n) is 4.48. The van der Waals surface area contributed by atoms with Gasteiger partial charge in [-0.2, -0.15) is 0 Å². The minimum absolute atomic E-state index is 0.266. The van der Waals surface area contributed by atoms with Gasteiger partial charge in [-0.15, -0.1) is 5.10 Å². The molecule has 144 valence electrons. The number of rotatable bonds is 5. The molecular weight excluding hydrogens is 358 g/mol. The number of urea groups is 1. The van der Waals surface area contributed by atoms with Crippen LogP contribution < -0.4 is 20.7 Å². The number of aromatic nitrogens is 4. The van der Waals surface area contributed by atoms with Crippen molar-refractivity contribution in [3.8, 4) is 11.4 Å². The van der Waals surface area contributed by atoms with Crippen LogP contribution in [-0.4, -0.2) is 39.7 Å². The van der Waals surface area contributed by atoms with Gasteiger partial charge in [-0.1, -0.05) is 5.21 Å². The van der Waals surface area contributed by atoms with Crippen LogP contribution in [-0.2, 0) is 19.5 Å². The van der Waals surface area contributed by atoms with E-state index in [1.54, 1.807) is 24.2 Å². The summed E-state index contributed by atoms with van der Waals surface area (Å²) >= 11 is 0. The van der Waals surface area contributed by atoms with Crippen LogP contribution in [0.5, 0.6) is 5.75 Å². The number of methoxy groups -OCH3 is 1. The summed E-state index contributed by atoms with van der Waals surface area (Å²) in [7, 11) is 1.62. The summed E-state index contributed by atoms with van der Waals surface area (Å²) in [6.07, 6.45) is 4.36. The second-order valence-corrected chi connectivity index (χ2v) is 6.42. The zero-order valence-electron chi connectivity index (χ0n) is 15.5. The molecule has 1 aliphatic heterocycles. The summed E-state index contributed by atoms with van der Waals surface area (Å²) in [5, 5.41) is 17.1. The van der Waals surface area contributed by atoms with Crippen molar-refractivity contribution in [1.82, 2.24) is 30.6 Å². The van der Waals surface area contributed by atoms with E-state index >= 15 is 0 Å². The molecular formula is C19H21N7O2. The minimum atomic E-state index is -0.315. The molecule has 3 heterocycles. The topological polar surface area (TPSA) is 106 Å². The number of nitrogens with zero attached hydrogens (tertiary/aromatic N) is 4. The lowest BCUT2D eigenvalue weighted by atomic mass is 10.1. The maximum atomic E-state index is 12.2. The third kappa shape index (κ3) is 4.09. The van der Waals surface area contributed by atoms with Gasteiger partial charge in [-0.3, -0.25) is 4.98 Å². The van der Waals surface area contributed by atoms with Crippen LogP contribution >= 0.6 is 0 Å². The Kier molecular flexibility index (Phi) is 5.16. The lowest BCUT2D eigenvalue weighted by molar-refractivity contribution is 0.251. The number of nitrogens with one attached hydrogen (secondary N) is 3. The zero-order chi connectivity index (χ0) is 19.3. The van der Waals surface area contributed by atoms with Gasteiger partial charge in [0, 0.05) is 25.2 Å². The van der Waals surface area contributed by atoms with Crippen molar-refractivity contribution in [2.75, 3.05) is 19.0 Å². The summed E-state index contributed by atoms with van der Waals surface area (Å²) in [5.74, 6) is 0.773. The molecule has 0 fully saturated rings. The molecule has 9 nitrogen and oxygen atoms in total. The standard InChI is InChI=1S/C19H21N7O2/c1-28-17-4-2-16(3-5-17)26-12-15(24-25-26)11-22-19(27)23-14-8-13-9-20-7-6-18(13)21-10-14/h2-5,8,10,12,20H,6-7,9,11H2,1H3,(H2,22,23,27). The van der Waals surface area contributed by atoms with Gasteiger partial charge >= 0.3 is 6.03 Å². The van der Waals surface area contributed by atoms with Crippen LogP contribution in [0.15, 0.2) is 42.7 Å². The first-order chi connectivity index (χ1) is 13.7. The molecule has 0 unspecified atom stereocenters. The van der Waals surface area contributed by atoms with Crippen LogP contribution in [0, 0.1) is 0 Å². The first kappa shape index (κ1) is 17.9. The van der Waals surface area contributed by atoms with Crippen molar-refractivity contribution in [1.29, 1.82) is 0 Å². The number of carbonyl (C=O) groups is 1. The average Bonchev–Trinajstić information content (AvgIpc) is 3.21. The first-order valence-electron chi connectivity index (χ1n) is 9.00. The predicted octanol–water partition coefficient (Wildman–Crippen LogP) is 1.64. The Hall–Kier alpha value is -3.46. The van der Waals surface area contributed by atoms with E-state index in [2.05, 4.69) is 31.2 Å². The fourth-order valence-corrected chi connectivity index (χ4v) is 3.00. The average molecular weight is 379 g/mol. The number of anilines is 1. The Balaban J connectivity index is 1.33. The Morgan fingerprint density at radius 1 is 1.32 bits per heavy atom. The summed E-state index contributed by atoms with van der Waals surface area (Å²) in [4.78, 5) is 16.6. The van der Waals surface area contributed by atoms with Crippen LogP contribution in [0.25, 0.3) is 5.69 Å². The number of fused-ring (bicyclic) bond motifs is 1. The SMILES string of the molecule is COc1ccc(-n2cc(CNC(=O)Nc3cnc4c(c3)CNCC4)nn2)cc1. The molecule has 0 aliphatic carbocycles. The van der Waals surface area contributed by atoms with Crippen molar-refractivity contribution < 1.29 is 9.53 Å². The van der Waals surface area contributed by atoms with Crippen molar-refractivity contribution in [3.63, 3.8) is 0 Å². The highest BCUT2D eigenvalue weighted by atomic mass is 16.5. The summed E-state index contributed by atoms with van der Waals surface area (Å²) in [6, 6.07) is 9.11. The molecule has 2 aromatic heterocycles. The molecule has 0 saturated heterocycles. The van der Waals surface area contributed by atoms with Gasteiger partial charge in [0.2, 0.25) is 0 Å². The van der Waals surface area contributed by atoms with Crippen LogP contribution in [0.3, 0.4) is 0 Å². The maximum Gasteiger partial charge on any atom is 0.319 e. The summed E-state index contributed by atoms with van der Waals surface area (Å²) < 4.78 is 6.79. The molecule has 2 amide bonds. The largest absolute Gasteiger partial charge is 0.497 e. The van der Waals surface area contributed by atoms with E-state index in [0.717, 1.165) is 42.2 Å². The summed E-state index contributed by atoms with van der Waals surface area (Å²) in [5.41, 5.74) is 4.38. The third-order valence-corrected chi connectivity index (χ3v) is 4.48. The van der Waals surface area contributed by atoms with Crippen molar-refractivity contribution in [3.05, 3.63) is 59.7 Å². The Labute approximate surface area is 162 Å². The van der Waals surface area contributed by atoms with Crippen molar-refractivity contribution >= 4 is 11.7 Å². The molecule has 28 heavy (non-hydrogen) atoms. The van der Waals surface area contributed by atoms with Gasteiger partial charge < -0.3 is 20.7 Å². The fraction of sp³-hybridized carbons (Fsp3) is 0.263. The Bertz CT molecular complexity index is 969. The van der Waals surface area contributed by atoms with Crippen LogP contribution in [0.1, 0.15) is 17.0 Å². The van der Waals surface area contributed by atoms with E-state index in [4.69, 9.17) is 4.74 Å². The number of benzene rings is 1. The number of ether oxygens (including phenoxy) is 1. The molecule has 0 spiro atoms. The molecule has 4 rings (SSSR count). The van der Waals surface area contributed by atoms with Gasteiger partial charge in [-0.25, -0.2) is 9.48 Å². The molecule has 9 heteroatoms. The van der Waals surface area contributed by atoms with Gasteiger partial charge in [0.25, 0.3) is 0 Å². The highest BCUT2D eigenvalue weighted by Gasteiger charge is 2.12. The van der Waals surface area contributed by atoms with Crippen molar-refractivity contribution in [2.45, 2.75) is 19.5 Å². The minimum Gasteiger partial charge on any atom is -0.497 e. The molecule has 1 aliphatic rings. The van der Waals surface area contributed by atoms with Gasteiger partial charge in [0.05, 0.1) is 37.4 Å². The van der Waals surface area contributed by atoms with Gasteiger partial charge in [-0.05, 0) is 35.9 Å². The van der Waals surface area contributed by atoms with Gasteiger partial charge in [0.15, 0.2) is 0 Å². The number of pyridine rings is 1. The van der Waals surface area contributed by atoms with Gasteiger partial charge in [0.1, 0.15) is 11.4 Å². The molecule has 3 N–H and O–H groups in total. The Morgan fingerprint density at radius 3 is 3.00 bits per heavy atom. The number of hydrogen-bond donors (Lipinski definition) is 3. The highest BCUT2D eigenvalue weighted by molar-refractivity contribution is 5.89. The first-order valence-corrected chi connectivity index (χ1v) is 9.00. The normalized spacial score (nSPS) is 12.9. The second-order valence-electron chi connectivity index (χ2n) is 6.42. The predicted molar refractivity (Wildman–Crippen MR) is 103 cm³/mol. The van der Waals surface area contributed by atoms with E-state index in [9.17, 15) is 4.79 Å². The lowest BCUT2D eigenvalue weighted by Crippen LogP contribution is -2.29. The van der Waals surface area contributed by atoms with E-state index in [1.807, 2.05) is 30.3 Å². The number of amides is 2. The molecule has 3 aromatic rings.